The van der Waals surface area contributed by atoms with Crippen LogP contribution in [0.3, 0.4) is 0 Å². The summed E-state index contributed by atoms with van der Waals surface area (Å²) >= 11 is 0. The fraction of sp³-hybridized carbons (Fsp3) is 0.182. The second kappa shape index (κ2) is 5.78. The minimum absolute atomic E-state index is 0.0803. The number of nitro benzene ring substituents is 1. The number of hydrogen-bond donors (Lipinski definition) is 2. The third-order valence-corrected chi connectivity index (χ3v) is 2.54. The molecule has 0 fully saturated rings. The Balaban J connectivity index is 2.13. The Morgan fingerprint density at radius 2 is 2.30 bits per heavy atom. The van der Waals surface area contributed by atoms with E-state index in [2.05, 4.69) is 25.3 Å². The van der Waals surface area contributed by atoms with Gasteiger partial charge in [0.25, 0.3) is 11.6 Å². The Kier molecular flexibility index (Phi) is 3.89. The smallest absolute Gasteiger partial charge is 0.293 e. The first-order chi connectivity index (χ1) is 9.61. The van der Waals surface area contributed by atoms with Crippen molar-refractivity contribution in [1.82, 2.24) is 15.5 Å². The third-order valence-electron chi connectivity index (χ3n) is 2.54. The lowest BCUT2D eigenvalue weighted by molar-refractivity contribution is -0.384. The minimum Gasteiger partial charge on any atom is -0.383 e. The Morgan fingerprint density at radius 1 is 1.50 bits per heavy atom. The van der Waals surface area contributed by atoms with Gasteiger partial charge in [-0.3, -0.25) is 14.9 Å². The predicted octanol–water partition coefficient (Wildman–Crippen LogP) is 0.949. The summed E-state index contributed by atoms with van der Waals surface area (Å²) < 4.78 is 4.52. The van der Waals surface area contributed by atoms with Crippen LogP contribution < -0.4 is 10.6 Å². The van der Waals surface area contributed by atoms with E-state index in [0.29, 0.717) is 11.5 Å². The first-order valence-corrected chi connectivity index (χ1v) is 5.61. The summed E-state index contributed by atoms with van der Waals surface area (Å²) in [6.45, 7) is 0.0803. The van der Waals surface area contributed by atoms with Crippen LogP contribution in [0.15, 0.2) is 29.1 Å². The number of anilines is 1. The molecule has 0 atom stereocenters. The van der Waals surface area contributed by atoms with E-state index in [0.717, 1.165) is 6.39 Å². The molecule has 0 unspecified atom stereocenters. The summed E-state index contributed by atoms with van der Waals surface area (Å²) in [5.74, 6) is -0.139. The number of rotatable bonds is 5. The lowest BCUT2D eigenvalue weighted by Gasteiger charge is -2.05. The molecule has 0 saturated heterocycles. The van der Waals surface area contributed by atoms with Crippen LogP contribution in [0.4, 0.5) is 11.4 Å². The molecule has 1 aromatic carbocycles. The van der Waals surface area contributed by atoms with Crippen LogP contribution in [-0.2, 0) is 6.54 Å². The van der Waals surface area contributed by atoms with Crippen LogP contribution in [0.1, 0.15) is 16.2 Å². The molecule has 9 nitrogen and oxygen atoms in total. The van der Waals surface area contributed by atoms with Crippen LogP contribution >= 0.6 is 0 Å². The van der Waals surface area contributed by atoms with Gasteiger partial charge >= 0.3 is 0 Å². The van der Waals surface area contributed by atoms with Crippen LogP contribution in [0.2, 0.25) is 0 Å². The molecule has 1 aromatic heterocycles. The number of carbonyl (C=O) groups is 1. The summed E-state index contributed by atoms with van der Waals surface area (Å²) in [7, 11) is 1.57. The highest BCUT2D eigenvalue weighted by Crippen LogP contribution is 2.24. The number of hydrogen-bond acceptors (Lipinski definition) is 7. The molecule has 2 aromatic rings. The Morgan fingerprint density at radius 3 is 2.90 bits per heavy atom. The molecule has 2 rings (SSSR count). The Bertz CT molecular complexity index is 626. The molecule has 0 aliphatic rings. The average Bonchev–Trinajstić information content (AvgIpc) is 2.97. The lowest BCUT2D eigenvalue weighted by atomic mass is 10.1. The number of benzene rings is 1. The first kappa shape index (κ1) is 13.5. The second-order valence-electron chi connectivity index (χ2n) is 3.77. The largest absolute Gasteiger partial charge is 0.383 e. The van der Waals surface area contributed by atoms with E-state index in [4.69, 9.17) is 0 Å². The van der Waals surface area contributed by atoms with Crippen LogP contribution in [0.5, 0.6) is 0 Å². The van der Waals surface area contributed by atoms with E-state index in [1.807, 2.05) is 0 Å². The maximum absolute atomic E-state index is 11.9. The number of aromatic nitrogens is 2. The van der Waals surface area contributed by atoms with Crippen molar-refractivity contribution in [2.24, 2.45) is 0 Å². The molecule has 20 heavy (non-hydrogen) atoms. The normalized spacial score (nSPS) is 10.1. The van der Waals surface area contributed by atoms with Crippen LogP contribution in [-0.4, -0.2) is 28.0 Å². The SMILES string of the molecule is CNc1ccc(C(=O)NCc2ncon2)cc1[N+](=O)[O-]. The molecular weight excluding hydrogens is 266 g/mol. The van der Waals surface area contributed by atoms with Gasteiger partial charge in [-0.25, -0.2) is 0 Å². The van der Waals surface area contributed by atoms with Crippen molar-refractivity contribution in [3.63, 3.8) is 0 Å². The van der Waals surface area contributed by atoms with Crippen molar-refractivity contribution in [2.75, 3.05) is 12.4 Å². The zero-order chi connectivity index (χ0) is 14.5. The van der Waals surface area contributed by atoms with Gasteiger partial charge in [0.1, 0.15) is 5.69 Å². The molecule has 0 bridgehead atoms. The van der Waals surface area contributed by atoms with Gasteiger partial charge in [0, 0.05) is 18.7 Å². The summed E-state index contributed by atoms with van der Waals surface area (Å²) in [6, 6.07) is 4.17. The molecule has 9 heteroatoms. The van der Waals surface area contributed by atoms with Gasteiger partial charge in [-0.1, -0.05) is 5.16 Å². The van der Waals surface area contributed by atoms with Crippen molar-refractivity contribution < 1.29 is 14.2 Å². The zero-order valence-electron chi connectivity index (χ0n) is 10.5. The average molecular weight is 277 g/mol. The van der Waals surface area contributed by atoms with Gasteiger partial charge in [0.15, 0.2) is 5.82 Å². The molecule has 0 radical (unpaired) electrons. The topological polar surface area (TPSA) is 123 Å². The molecule has 0 saturated carbocycles. The molecule has 0 spiro atoms. The minimum atomic E-state index is -0.554. The van der Waals surface area contributed by atoms with Gasteiger partial charge in [-0.2, -0.15) is 4.98 Å². The molecular formula is C11H11N5O4. The third kappa shape index (κ3) is 2.88. The van der Waals surface area contributed by atoms with Crippen molar-refractivity contribution in [2.45, 2.75) is 6.54 Å². The Labute approximate surface area is 113 Å². The first-order valence-electron chi connectivity index (χ1n) is 5.61. The highest BCUT2D eigenvalue weighted by molar-refractivity contribution is 5.95. The van der Waals surface area contributed by atoms with Crippen molar-refractivity contribution in [1.29, 1.82) is 0 Å². The number of nitrogens with zero attached hydrogens (tertiary/aromatic N) is 3. The van der Waals surface area contributed by atoms with Gasteiger partial charge < -0.3 is 15.2 Å². The van der Waals surface area contributed by atoms with Crippen molar-refractivity contribution >= 4 is 17.3 Å². The highest BCUT2D eigenvalue weighted by atomic mass is 16.6. The van der Waals surface area contributed by atoms with E-state index >= 15 is 0 Å². The van der Waals surface area contributed by atoms with Crippen LogP contribution in [0.25, 0.3) is 0 Å². The quantitative estimate of drug-likeness (QED) is 0.615. The van der Waals surface area contributed by atoms with Crippen molar-refractivity contribution in [3.8, 4) is 0 Å². The predicted molar refractivity (Wildman–Crippen MR) is 68.1 cm³/mol. The van der Waals surface area contributed by atoms with Crippen molar-refractivity contribution in [3.05, 3.63) is 46.1 Å². The van der Waals surface area contributed by atoms with Gasteiger partial charge in [0.2, 0.25) is 6.39 Å². The summed E-state index contributed by atoms with van der Waals surface area (Å²) in [5.41, 5.74) is 0.351. The highest BCUT2D eigenvalue weighted by Gasteiger charge is 2.16. The fourth-order valence-corrected chi connectivity index (χ4v) is 1.57. The molecule has 2 N–H and O–H groups in total. The second-order valence-corrected chi connectivity index (χ2v) is 3.77. The maximum Gasteiger partial charge on any atom is 0.293 e. The van der Waals surface area contributed by atoms with Gasteiger partial charge in [-0.15, -0.1) is 0 Å². The van der Waals surface area contributed by atoms with Crippen LogP contribution in [0, 0.1) is 10.1 Å². The van der Waals surface area contributed by atoms with E-state index in [9.17, 15) is 14.9 Å². The van der Waals surface area contributed by atoms with E-state index in [1.54, 1.807) is 7.05 Å². The zero-order valence-corrected chi connectivity index (χ0v) is 10.5. The monoisotopic (exact) mass is 277 g/mol. The molecule has 0 aliphatic heterocycles. The number of carbonyl (C=O) groups excluding carboxylic acids is 1. The van der Waals surface area contributed by atoms with E-state index in [-0.39, 0.29) is 17.8 Å². The molecule has 1 amide bonds. The van der Waals surface area contributed by atoms with E-state index < -0.39 is 10.8 Å². The number of amides is 1. The number of nitro groups is 1. The summed E-state index contributed by atoms with van der Waals surface area (Å²) in [5, 5.41) is 19.7. The number of nitrogens with one attached hydrogen (secondary N) is 2. The van der Waals surface area contributed by atoms with E-state index in [1.165, 1.54) is 18.2 Å². The lowest BCUT2D eigenvalue weighted by Crippen LogP contribution is -2.23. The standard InChI is InChI=1S/C11H11N5O4/c1-12-8-3-2-7(4-9(8)16(18)19)11(17)13-5-10-14-6-20-15-10/h2-4,6,12H,5H2,1H3,(H,13,17). The maximum atomic E-state index is 11.9. The molecule has 104 valence electrons. The fourth-order valence-electron chi connectivity index (χ4n) is 1.57. The Hall–Kier alpha value is -2.97. The van der Waals surface area contributed by atoms with Gasteiger partial charge in [0.05, 0.1) is 11.5 Å². The van der Waals surface area contributed by atoms with Gasteiger partial charge in [-0.05, 0) is 12.1 Å². The molecule has 1 heterocycles. The summed E-state index contributed by atoms with van der Waals surface area (Å²) in [6.07, 6.45) is 1.15. The summed E-state index contributed by atoms with van der Waals surface area (Å²) in [4.78, 5) is 26.0. The molecule has 0 aliphatic carbocycles.